The molecule has 1 saturated heterocycles. The van der Waals surface area contributed by atoms with Gasteiger partial charge in [-0.15, -0.1) is 0 Å². The lowest BCUT2D eigenvalue weighted by atomic mass is 9.79. The molecule has 4 N–H and O–H groups in total. The SMILES string of the molecule is CC1(C)CC(NC(=O)C(=O)N/N=C\c2ccc(Br)cc2)CC(C)(C)[NH2+]1. The van der Waals surface area contributed by atoms with Crippen molar-refractivity contribution in [3.63, 3.8) is 0 Å². The van der Waals surface area contributed by atoms with Crippen LogP contribution in [0.2, 0.25) is 0 Å². The topological polar surface area (TPSA) is 87.2 Å². The molecule has 0 atom stereocenters. The molecule has 25 heavy (non-hydrogen) atoms. The molecule has 0 saturated carbocycles. The molecule has 2 amide bonds. The highest BCUT2D eigenvalue weighted by molar-refractivity contribution is 9.10. The number of piperidine rings is 1. The summed E-state index contributed by atoms with van der Waals surface area (Å²) >= 11 is 3.35. The van der Waals surface area contributed by atoms with Crippen LogP contribution >= 0.6 is 15.9 Å². The van der Waals surface area contributed by atoms with Gasteiger partial charge in [-0.2, -0.15) is 5.10 Å². The van der Waals surface area contributed by atoms with E-state index in [1.165, 1.54) is 6.21 Å². The first-order valence-electron chi connectivity index (χ1n) is 8.33. The van der Waals surface area contributed by atoms with Crippen molar-refractivity contribution >= 4 is 34.0 Å². The predicted octanol–water partition coefficient (Wildman–Crippen LogP) is 1.30. The maximum atomic E-state index is 12.1. The molecule has 7 heteroatoms. The number of amides is 2. The third-order valence-electron chi connectivity index (χ3n) is 4.12. The van der Waals surface area contributed by atoms with E-state index in [0.717, 1.165) is 22.9 Å². The second-order valence-corrected chi connectivity index (χ2v) is 8.87. The summed E-state index contributed by atoms with van der Waals surface area (Å²) in [6.07, 6.45) is 3.13. The van der Waals surface area contributed by atoms with Crippen LogP contribution in [0.5, 0.6) is 0 Å². The molecular weight excluding hydrogens is 384 g/mol. The Hall–Kier alpha value is -1.73. The average Bonchev–Trinajstić information content (AvgIpc) is 2.45. The molecule has 0 bridgehead atoms. The number of carbonyl (C=O) groups is 2. The predicted molar refractivity (Wildman–Crippen MR) is 101 cm³/mol. The summed E-state index contributed by atoms with van der Waals surface area (Å²) in [5.74, 6) is -1.40. The number of halogens is 1. The number of benzene rings is 1. The first kappa shape index (κ1) is 19.6. The fourth-order valence-corrected chi connectivity index (χ4v) is 3.90. The molecule has 0 unspecified atom stereocenters. The van der Waals surface area contributed by atoms with Crippen molar-refractivity contribution in [3.05, 3.63) is 34.3 Å². The Bertz CT molecular complexity index is 652. The largest absolute Gasteiger partial charge is 0.345 e. The molecule has 136 valence electrons. The Morgan fingerprint density at radius 3 is 2.24 bits per heavy atom. The summed E-state index contributed by atoms with van der Waals surface area (Å²) in [5.41, 5.74) is 3.15. The van der Waals surface area contributed by atoms with Crippen LogP contribution in [0.25, 0.3) is 0 Å². The Morgan fingerprint density at radius 1 is 1.12 bits per heavy atom. The van der Waals surface area contributed by atoms with Crippen LogP contribution < -0.4 is 16.1 Å². The third-order valence-corrected chi connectivity index (χ3v) is 4.65. The lowest BCUT2D eigenvalue weighted by Crippen LogP contribution is -3.06. The van der Waals surface area contributed by atoms with E-state index in [1.807, 2.05) is 24.3 Å². The Morgan fingerprint density at radius 2 is 1.68 bits per heavy atom. The van der Waals surface area contributed by atoms with Gasteiger partial charge in [-0.25, -0.2) is 5.43 Å². The van der Waals surface area contributed by atoms with Crippen molar-refractivity contribution in [2.24, 2.45) is 5.10 Å². The highest BCUT2D eigenvalue weighted by atomic mass is 79.9. The molecule has 0 aromatic heterocycles. The number of rotatable bonds is 3. The normalized spacial score (nSPS) is 19.6. The summed E-state index contributed by atoms with van der Waals surface area (Å²) in [5, 5.41) is 9.00. The van der Waals surface area contributed by atoms with Gasteiger partial charge in [0.2, 0.25) is 0 Å². The molecule has 0 radical (unpaired) electrons. The Kier molecular flexibility index (Phi) is 6.00. The van der Waals surface area contributed by atoms with Gasteiger partial charge in [0.15, 0.2) is 0 Å². The van der Waals surface area contributed by atoms with E-state index in [4.69, 9.17) is 0 Å². The van der Waals surface area contributed by atoms with Crippen molar-refractivity contribution in [3.8, 4) is 0 Å². The van der Waals surface area contributed by atoms with E-state index in [-0.39, 0.29) is 17.1 Å². The second-order valence-electron chi connectivity index (χ2n) is 7.95. The minimum atomic E-state index is -0.751. The number of nitrogens with zero attached hydrogens (tertiary/aromatic N) is 1. The number of hydrazone groups is 1. The lowest BCUT2D eigenvalue weighted by molar-refractivity contribution is -0.787. The lowest BCUT2D eigenvalue weighted by Gasteiger charge is -2.43. The molecular formula is C18H26BrN4O2+. The molecule has 2 rings (SSSR count). The summed E-state index contributed by atoms with van der Waals surface area (Å²) in [6, 6.07) is 7.42. The van der Waals surface area contributed by atoms with Crippen molar-refractivity contribution in [1.29, 1.82) is 0 Å². The van der Waals surface area contributed by atoms with Gasteiger partial charge in [-0.05, 0) is 45.4 Å². The average molecular weight is 410 g/mol. The van der Waals surface area contributed by atoms with Crippen LogP contribution in [0, 0.1) is 0 Å². The van der Waals surface area contributed by atoms with Crippen LogP contribution in [-0.2, 0) is 9.59 Å². The number of hydrogen-bond donors (Lipinski definition) is 3. The van der Waals surface area contributed by atoms with Gasteiger partial charge in [-0.1, -0.05) is 28.1 Å². The van der Waals surface area contributed by atoms with Crippen molar-refractivity contribution in [1.82, 2.24) is 10.7 Å². The smallest absolute Gasteiger partial charge is 0.329 e. The van der Waals surface area contributed by atoms with E-state index in [1.54, 1.807) is 0 Å². The summed E-state index contributed by atoms with van der Waals surface area (Å²) in [6.45, 7) is 8.59. The summed E-state index contributed by atoms with van der Waals surface area (Å²) in [7, 11) is 0. The first-order chi connectivity index (χ1) is 11.6. The van der Waals surface area contributed by atoms with Gasteiger partial charge in [0.1, 0.15) is 0 Å². The van der Waals surface area contributed by atoms with Crippen molar-refractivity contribution < 1.29 is 14.9 Å². The molecule has 1 aliphatic rings. The highest BCUT2D eigenvalue weighted by Crippen LogP contribution is 2.21. The van der Waals surface area contributed by atoms with Crippen LogP contribution in [-0.4, -0.2) is 35.1 Å². The van der Waals surface area contributed by atoms with E-state index in [9.17, 15) is 9.59 Å². The van der Waals surface area contributed by atoms with Gasteiger partial charge < -0.3 is 10.6 Å². The number of nitrogens with two attached hydrogens (primary N) is 1. The summed E-state index contributed by atoms with van der Waals surface area (Å²) in [4.78, 5) is 24.0. The quantitative estimate of drug-likeness (QED) is 0.399. The Balaban J connectivity index is 1.87. The van der Waals surface area contributed by atoms with Crippen LogP contribution in [0.1, 0.15) is 46.1 Å². The molecule has 1 aliphatic heterocycles. The van der Waals surface area contributed by atoms with E-state index in [0.29, 0.717) is 0 Å². The van der Waals surface area contributed by atoms with Crippen LogP contribution in [0.3, 0.4) is 0 Å². The number of nitrogens with one attached hydrogen (secondary N) is 2. The molecule has 0 aliphatic carbocycles. The fraction of sp³-hybridized carbons (Fsp3) is 0.500. The van der Waals surface area contributed by atoms with Crippen LogP contribution in [0.15, 0.2) is 33.8 Å². The van der Waals surface area contributed by atoms with Gasteiger partial charge in [-0.3, -0.25) is 9.59 Å². The zero-order valence-corrected chi connectivity index (χ0v) is 16.7. The minimum absolute atomic E-state index is 0.0237. The van der Waals surface area contributed by atoms with E-state index in [2.05, 4.69) is 64.8 Å². The molecule has 6 nitrogen and oxygen atoms in total. The number of hydrogen-bond acceptors (Lipinski definition) is 3. The number of quaternary nitrogens is 1. The standard InChI is InChI=1S/C18H25BrN4O2/c1-17(2)9-14(10-18(3,4)23-17)21-15(24)16(25)22-20-11-12-5-7-13(19)8-6-12/h5-8,11,14,23H,9-10H2,1-4H3,(H,21,24)(H,22,25)/p+1/b20-11-. The van der Waals surface area contributed by atoms with Crippen LogP contribution in [0.4, 0.5) is 0 Å². The Labute approximate surface area is 157 Å². The summed E-state index contributed by atoms with van der Waals surface area (Å²) < 4.78 is 0.962. The molecule has 1 heterocycles. The minimum Gasteiger partial charge on any atom is -0.345 e. The monoisotopic (exact) mass is 409 g/mol. The molecule has 1 aromatic rings. The second kappa shape index (κ2) is 7.66. The van der Waals surface area contributed by atoms with Gasteiger partial charge in [0.05, 0.1) is 17.3 Å². The highest BCUT2D eigenvalue weighted by Gasteiger charge is 2.42. The molecule has 1 aromatic carbocycles. The molecule has 1 fully saturated rings. The molecule has 0 spiro atoms. The van der Waals surface area contributed by atoms with E-state index < -0.39 is 11.8 Å². The van der Waals surface area contributed by atoms with Gasteiger partial charge in [0, 0.05) is 23.4 Å². The van der Waals surface area contributed by atoms with E-state index >= 15 is 0 Å². The zero-order valence-electron chi connectivity index (χ0n) is 15.1. The maximum absolute atomic E-state index is 12.1. The third kappa shape index (κ3) is 6.25. The first-order valence-corrected chi connectivity index (χ1v) is 9.12. The number of carbonyl (C=O) groups excluding carboxylic acids is 2. The fourth-order valence-electron chi connectivity index (χ4n) is 3.64. The zero-order chi connectivity index (χ0) is 18.7. The van der Waals surface area contributed by atoms with Gasteiger partial charge >= 0.3 is 11.8 Å². The van der Waals surface area contributed by atoms with Crippen molar-refractivity contribution in [2.75, 3.05) is 0 Å². The van der Waals surface area contributed by atoms with Gasteiger partial charge in [0.25, 0.3) is 0 Å². The van der Waals surface area contributed by atoms with Crippen molar-refractivity contribution in [2.45, 2.75) is 57.7 Å². The maximum Gasteiger partial charge on any atom is 0.329 e.